The zero-order chi connectivity index (χ0) is 14.7. The Kier molecular flexibility index (Phi) is 3.83. The summed E-state index contributed by atoms with van der Waals surface area (Å²) in [7, 11) is 2.05. The number of oxazole rings is 1. The van der Waals surface area contributed by atoms with E-state index in [4.69, 9.17) is 10.2 Å². The summed E-state index contributed by atoms with van der Waals surface area (Å²) in [4.78, 5) is 11.0. The maximum Gasteiger partial charge on any atom is 0.209 e. The third kappa shape index (κ3) is 3.38. The molecule has 21 heavy (non-hydrogen) atoms. The Morgan fingerprint density at radius 3 is 2.95 bits per heavy atom. The minimum atomic E-state index is 0.668. The van der Waals surface area contributed by atoms with Crippen molar-refractivity contribution in [3.05, 3.63) is 54.2 Å². The molecule has 0 fully saturated rings. The molecule has 5 nitrogen and oxygen atoms in total. The Labute approximate surface area is 123 Å². The summed E-state index contributed by atoms with van der Waals surface area (Å²) in [6.45, 7) is 1.57. The topological polar surface area (TPSA) is 68.2 Å². The van der Waals surface area contributed by atoms with Crippen LogP contribution in [0.15, 0.2) is 47.0 Å². The highest BCUT2D eigenvalue weighted by Gasteiger charge is 2.09. The molecule has 0 atom stereocenters. The van der Waals surface area contributed by atoms with Gasteiger partial charge in [-0.15, -0.1) is 0 Å². The van der Waals surface area contributed by atoms with E-state index in [0.29, 0.717) is 18.1 Å². The number of anilines is 1. The molecule has 2 aromatic heterocycles. The zero-order valence-electron chi connectivity index (χ0n) is 12.0. The van der Waals surface area contributed by atoms with Crippen LogP contribution in [0.25, 0.3) is 11.1 Å². The predicted octanol–water partition coefficient (Wildman–Crippen LogP) is 2.48. The lowest BCUT2D eigenvalue weighted by Crippen LogP contribution is -2.21. The number of aromatic nitrogens is 2. The van der Waals surface area contributed by atoms with Crippen LogP contribution in [-0.4, -0.2) is 28.5 Å². The molecule has 0 saturated heterocycles. The molecule has 0 spiro atoms. The molecule has 3 rings (SSSR count). The summed E-state index contributed by atoms with van der Waals surface area (Å²) >= 11 is 0. The van der Waals surface area contributed by atoms with E-state index in [1.807, 2.05) is 43.6 Å². The molecule has 108 valence electrons. The van der Waals surface area contributed by atoms with Gasteiger partial charge in [0.1, 0.15) is 5.52 Å². The van der Waals surface area contributed by atoms with E-state index in [0.717, 1.165) is 29.8 Å². The number of likely N-dealkylation sites (N-methyl/N-ethyl adjacent to an activating group) is 1. The van der Waals surface area contributed by atoms with Gasteiger partial charge in [0.05, 0.1) is 6.54 Å². The minimum absolute atomic E-state index is 0.668. The van der Waals surface area contributed by atoms with Crippen molar-refractivity contribution in [2.75, 3.05) is 19.3 Å². The number of nitrogens with two attached hydrogens (primary N) is 1. The number of hydrogen-bond donors (Lipinski definition) is 1. The molecule has 0 amide bonds. The Hall–Kier alpha value is -2.40. The second-order valence-electron chi connectivity index (χ2n) is 5.14. The number of pyridine rings is 1. The van der Waals surface area contributed by atoms with E-state index in [1.165, 1.54) is 0 Å². The molecule has 0 aliphatic rings. The first-order chi connectivity index (χ1) is 10.2. The Balaban J connectivity index is 1.62. The smallest absolute Gasteiger partial charge is 0.209 e. The van der Waals surface area contributed by atoms with E-state index in [2.05, 4.69) is 14.9 Å². The average Bonchev–Trinajstić information content (AvgIpc) is 2.87. The van der Waals surface area contributed by atoms with Gasteiger partial charge in [0.15, 0.2) is 5.58 Å². The monoisotopic (exact) mass is 282 g/mol. The van der Waals surface area contributed by atoms with E-state index in [9.17, 15) is 0 Å². The molecular formula is C16H18N4O. The molecule has 0 aliphatic heterocycles. The maximum absolute atomic E-state index is 5.74. The summed E-state index contributed by atoms with van der Waals surface area (Å²) in [5.74, 6) is 0.708. The van der Waals surface area contributed by atoms with Crippen molar-refractivity contribution >= 4 is 16.8 Å². The van der Waals surface area contributed by atoms with Crippen molar-refractivity contribution in [2.45, 2.75) is 13.0 Å². The van der Waals surface area contributed by atoms with Crippen LogP contribution in [-0.2, 0) is 13.0 Å². The molecular weight excluding hydrogens is 264 g/mol. The molecule has 0 saturated carbocycles. The molecule has 2 N–H and O–H groups in total. The number of fused-ring (bicyclic) bond motifs is 1. The summed E-state index contributed by atoms with van der Waals surface area (Å²) in [6, 6.07) is 11.5. The van der Waals surface area contributed by atoms with Crippen LogP contribution in [0.1, 0.15) is 11.6 Å². The van der Waals surface area contributed by atoms with E-state index >= 15 is 0 Å². The molecule has 5 heteroatoms. The summed E-state index contributed by atoms with van der Waals surface area (Å²) in [5.41, 5.74) is 9.11. The minimum Gasteiger partial charge on any atom is -0.439 e. The average molecular weight is 282 g/mol. The molecule has 0 unspecified atom stereocenters. The van der Waals surface area contributed by atoms with Gasteiger partial charge in [-0.3, -0.25) is 9.88 Å². The van der Waals surface area contributed by atoms with Crippen LogP contribution in [0, 0.1) is 0 Å². The van der Waals surface area contributed by atoms with E-state index in [-0.39, 0.29) is 0 Å². The van der Waals surface area contributed by atoms with Gasteiger partial charge in [0.2, 0.25) is 5.89 Å². The Morgan fingerprint density at radius 1 is 1.24 bits per heavy atom. The highest BCUT2D eigenvalue weighted by Crippen LogP contribution is 2.19. The summed E-state index contributed by atoms with van der Waals surface area (Å²) < 4.78 is 5.72. The first-order valence-electron chi connectivity index (χ1n) is 6.94. The van der Waals surface area contributed by atoms with Crippen molar-refractivity contribution in [1.29, 1.82) is 0 Å². The molecule has 3 aromatic rings. The van der Waals surface area contributed by atoms with Crippen molar-refractivity contribution < 1.29 is 4.42 Å². The van der Waals surface area contributed by atoms with Crippen molar-refractivity contribution in [1.82, 2.24) is 14.9 Å². The fourth-order valence-electron chi connectivity index (χ4n) is 2.22. The Bertz CT molecular complexity index is 723. The van der Waals surface area contributed by atoms with E-state index in [1.54, 1.807) is 6.07 Å². The van der Waals surface area contributed by atoms with Gasteiger partial charge in [0.25, 0.3) is 0 Å². The number of hydrogen-bond acceptors (Lipinski definition) is 5. The predicted molar refractivity (Wildman–Crippen MR) is 82.7 cm³/mol. The zero-order valence-corrected chi connectivity index (χ0v) is 12.0. The molecule has 1 aromatic carbocycles. The van der Waals surface area contributed by atoms with Crippen molar-refractivity contribution in [2.24, 2.45) is 0 Å². The fraction of sp³-hybridized carbons (Fsp3) is 0.250. The van der Waals surface area contributed by atoms with Crippen LogP contribution in [0.2, 0.25) is 0 Å². The Morgan fingerprint density at radius 2 is 2.14 bits per heavy atom. The normalized spacial score (nSPS) is 11.3. The highest BCUT2D eigenvalue weighted by atomic mass is 16.3. The maximum atomic E-state index is 5.74. The number of nitrogen functional groups attached to an aromatic ring is 1. The van der Waals surface area contributed by atoms with Gasteiger partial charge in [-0.25, -0.2) is 4.98 Å². The van der Waals surface area contributed by atoms with Crippen LogP contribution in [0.3, 0.4) is 0 Å². The van der Waals surface area contributed by atoms with Gasteiger partial charge in [-0.2, -0.15) is 0 Å². The van der Waals surface area contributed by atoms with Gasteiger partial charge in [0, 0.05) is 36.6 Å². The lowest BCUT2D eigenvalue weighted by atomic mass is 10.2. The number of benzene rings is 1. The second kappa shape index (κ2) is 5.93. The lowest BCUT2D eigenvalue weighted by Gasteiger charge is -2.13. The van der Waals surface area contributed by atoms with Crippen molar-refractivity contribution in [3.8, 4) is 0 Å². The summed E-state index contributed by atoms with van der Waals surface area (Å²) in [5, 5.41) is 0. The molecule has 0 bridgehead atoms. The molecule has 0 aliphatic carbocycles. The van der Waals surface area contributed by atoms with Crippen molar-refractivity contribution in [3.63, 3.8) is 0 Å². The molecule has 0 radical (unpaired) electrons. The van der Waals surface area contributed by atoms with Gasteiger partial charge < -0.3 is 10.2 Å². The first kappa shape index (κ1) is 13.6. The summed E-state index contributed by atoms with van der Waals surface area (Å²) in [6.07, 6.45) is 2.73. The quantitative estimate of drug-likeness (QED) is 0.728. The highest BCUT2D eigenvalue weighted by molar-refractivity contribution is 5.76. The number of rotatable bonds is 5. The van der Waals surface area contributed by atoms with Crippen LogP contribution >= 0.6 is 0 Å². The van der Waals surface area contributed by atoms with Gasteiger partial charge in [-0.05, 0) is 31.3 Å². The number of nitrogens with zero attached hydrogens (tertiary/aromatic N) is 3. The molecule has 2 heterocycles. The fourth-order valence-corrected chi connectivity index (χ4v) is 2.22. The third-order valence-electron chi connectivity index (χ3n) is 3.34. The third-order valence-corrected chi connectivity index (χ3v) is 3.34. The van der Waals surface area contributed by atoms with Crippen LogP contribution in [0.4, 0.5) is 5.69 Å². The second-order valence-corrected chi connectivity index (χ2v) is 5.14. The lowest BCUT2D eigenvalue weighted by molar-refractivity contribution is 0.295. The first-order valence-corrected chi connectivity index (χ1v) is 6.94. The van der Waals surface area contributed by atoms with Crippen LogP contribution in [0.5, 0.6) is 0 Å². The van der Waals surface area contributed by atoms with Gasteiger partial charge in [-0.1, -0.05) is 6.07 Å². The van der Waals surface area contributed by atoms with Gasteiger partial charge >= 0.3 is 0 Å². The van der Waals surface area contributed by atoms with Crippen LogP contribution < -0.4 is 5.73 Å². The van der Waals surface area contributed by atoms with E-state index < -0.39 is 0 Å². The standard InChI is InChI=1S/C16H18N4O/c1-20(9-7-13-4-2-3-8-18-13)11-16-19-14-6-5-12(17)10-15(14)21-16/h2-6,8,10H,7,9,11,17H2,1H3. The largest absolute Gasteiger partial charge is 0.439 e. The SMILES string of the molecule is CN(CCc1ccccn1)Cc1nc2ccc(N)cc2o1.